The number of carbonyl (C=O) groups is 1. The maximum Gasteiger partial charge on any atom is 0.317 e. The summed E-state index contributed by atoms with van der Waals surface area (Å²) in [6.45, 7) is 10.1. The fourth-order valence-electron chi connectivity index (χ4n) is 6.44. The molecule has 2 amide bonds. The molecule has 218 valence electrons. The van der Waals surface area contributed by atoms with Crippen LogP contribution >= 0.6 is 0 Å². The maximum absolute atomic E-state index is 13.3. The molecule has 2 fully saturated rings. The first-order valence-electron chi connectivity index (χ1n) is 15.2. The normalized spacial score (nSPS) is 21.8. The minimum Gasteiger partial charge on any atom is -0.381 e. The van der Waals surface area contributed by atoms with Gasteiger partial charge in [-0.05, 0) is 73.1 Å². The van der Waals surface area contributed by atoms with E-state index in [-0.39, 0.29) is 17.5 Å². The predicted molar refractivity (Wildman–Crippen MR) is 160 cm³/mol. The lowest BCUT2D eigenvalue weighted by Gasteiger charge is -2.28. The molecule has 2 aliphatic heterocycles. The van der Waals surface area contributed by atoms with Crippen molar-refractivity contribution in [2.24, 2.45) is 11.3 Å². The third kappa shape index (κ3) is 6.40. The van der Waals surface area contributed by atoms with Gasteiger partial charge in [-0.15, -0.1) is 0 Å². The Labute approximate surface area is 243 Å². The number of rotatable bonds is 5. The van der Waals surface area contributed by atoms with E-state index in [1.54, 1.807) is 6.20 Å². The topological polar surface area (TPSA) is 97.2 Å². The predicted octanol–water partition coefficient (Wildman–Crippen LogP) is 6.28. The van der Waals surface area contributed by atoms with E-state index in [9.17, 15) is 4.79 Å². The number of urea groups is 1. The van der Waals surface area contributed by atoms with Crippen LogP contribution < -0.4 is 10.6 Å². The van der Waals surface area contributed by atoms with Crippen molar-refractivity contribution in [1.29, 1.82) is 0 Å². The SMILES string of the molecule is CC(C)(C)C1CCN(C(=O)NC2CCCCc3cc(-c4ccnc(Nc5cnn(C6CCOCC6)c5)n4)ccc32)C1. The van der Waals surface area contributed by atoms with E-state index < -0.39 is 0 Å². The Hall–Kier alpha value is -3.46. The van der Waals surface area contributed by atoms with Crippen molar-refractivity contribution in [2.75, 3.05) is 31.6 Å². The first-order chi connectivity index (χ1) is 19.8. The Balaban J connectivity index is 1.15. The van der Waals surface area contributed by atoms with Crippen LogP contribution in [0.1, 0.15) is 82.5 Å². The van der Waals surface area contributed by atoms with Gasteiger partial charge < -0.3 is 20.3 Å². The fraction of sp³-hybridized carbons (Fsp3) is 0.562. The summed E-state index contributed by atoms with van der Waals surface area (Å²) in [6, 6.07) is 9.01. The van der Waals surface area contributed by atoms with E-state index in [4.69, 9.17) is 9.72 Å². The molecule has 1 aromatic carbocycles. The molecule has 2 N–H and O–H groups in total. The van der Waals surface area contributed by atoms with E-state index in [1.807, 2.05) is 28.0 Å². The number of carbonyl (C=O) groups excluding carboxylic acids is 1. The number of amides is 2. The standard InChI is InChI=1S/C32H43N7O2/c1-32(2,3)24-11-15-38(20-24)31(40)37-29-7-5-4-6-22-18-23(8-9-27(22)29)28-10-14-33-30(36-28)35-25-19-34-39(21-25)26-12-16-41-17-13-26/h8-10,14,18-19,21,24,26,29H,4-7,11-13,15-17,20H2,1-3H3,(H,37,40)(H,33,35,36). The number of hydrogen-bond acceptors (Lipinski definition) is 6. The smallest absolute Gasteiger partial charge is 0.317 e. The number of benzene rings is 1. The molecule has 9 nitrogen and oxygen atoms in total. The molecule has 6 rings (SSSR count). The molecule has 4 heterocycles. The van der Waals surface area contributed by atoms with Gasteiger partial charge in [0.1, 0.15) is 0 Å². The van der Waals surface area contributed by atoms with Crippen LogP contribution in [0.3, 0.4) is 0 Å². The molecule has 3 aliphatic rings. The van der Waals surface area contributed by atoms with Gasteiger partial charge in [-0.2, -0.15) is 5.10 Å². The second kappa shape index (κ2) is 11.8. The van der Waals surface area contributed by atoms with Crippen molar-refractivity contribution in [2.45, 2.75) is 77.8 Å². The molecule has 41 heavy (non-hydrogen) atoms. The Morgan fingerprint density at radius 3 is 2.73 bits per heavy atom. The molecular weight excluding hydrogens is 514 g/mol. The summed E-state index contributed by atoms with van der Waals surface area (Å²) < 4.78 is 7.50. The molecule has 0 radical (unpaired) electrons. The highest BCUT2D eigenvalue weighted by Gasteiger charge is 2.34. The Morgan fingerprint density at radius 1 is 1.07 bits per heavy atom. The molecule has 3 aromatic rings. The summed E-state index contributed by atoms with van der Waals surface area (Å²) in [7, 11) is 0. The average molecular weight is 558 g/mol. The zero-order valence-electron chi connectivity index (χ0n) is 24.6. The number of hydrogen-bond donors (Lipinski definition) is 2. The van der Waals surface area contributed by atoms with Crippen molar-refractivity contribution in [3.05, 3.63) is 54.0 Å². The summed E-state index contributed by atoms with van der Waals surface area (Å²) >= 11 is 0. The van der Waals surface area contributed by atoms with Gasteiger partial charge in [0.15, 0.2) is 0 Å². The molecular formula is C32H43N7O2. The number of aryl methyl sites for hydroxylation is 1. The third-order valence-corrected chi connectivity index (χ3v) is 9.08. The van der Waals surface area contributed by atoms with Crippen molar-refractivity contribution in [3.63, 3.8) is 0 Å². The first kappa shape index (κ1) is 27.7. The van der Waals surface area contributed by atoms with Crippen molar-refractivity contribution >= 4 is 17.7 Å². The molecule has 1 aliphatic carbocycles. The van der Waals surface area contributed by atoms with Crippen LogP contribution in [0, 0.1) is 11.3 Å². The van der Waals surface area contributed by atoms with Crippen LogP contribution in [-0.2, 0) is 11.2 Å². The van der Waals surface area contributed by atoms with Crippen LogP contribution in [0.4, 0.5) is 16.4 Å². The Morgan fingerprint density at radius 2 is 1.93 bits per heavy atom. The second-order valence-electron chi connectivity index (χ2n) is 12.9. The molecule has 2 aromatic heterocycles. The van der Waals surface area contributed by atoms with Gasteiger partial charge in [0.05, 0.1) is 29.7 Å². The molecule has 0 saturated carbocycles. The van der Waals surface area contributed by atoms with Crippen molar-refractivity contribution in [1.82, 2.24) is 30.0 Å². The second-order valence-corrected chi connectivity index (χ2v) is 12.9. The summed E-state index contributed by atoms with van der Waals surface area (Å²) in [5.41, 5.74) is 5.57. The van der Waals surface area contributed by atoms with Gasteiger partial charge in [0.25, 0.3) is 0 Å². The fourth-order valence-corrected chi connectivity index (χ4v) is 6.44. The number of anilines is 2. The van der Waals surface area contributed by atoms with E-state index >= 15 is 0 Å². The zero-order valence-corrected chi connectivity index (χ0v) is 24.6. The monoisotopic (exact) mass is 557 g/mol. The minimum atomic E-state index is 0.0395. The van der Waals surface area contributed by atoms with Crippen LogP contribution in [0.5, 0.6) is 0 Å². The summed E-state index contributed by atoms with van der Waals surface area (Å²) in [6.07, 6.45) is 12.9. The lowest BCUT2D eigenvalue weighted by Crippen LogP contribution is -2.41. The molecule has 0 bridgehead atoms. The molecule has 0 spiro atoms. The number of fused-ring (bicyclic) bond motifs is 1. The van der Waals surface area contributed by atoms with Gasteiger partial charge in [-0.25, -0.2) is 14.8 Å². The van der Waals surface area contributed by atoms with Crippen molar-refractivity contribution in [3.8, 4) is 11.3 Å². The van der Waals surface area contributed by atoms with Gasteiger partial charge in [0.2, 0.25) is 5.95 Å². The van der Waals surface area contributed by atoms with E-state index in [0.29, 0.717) is 17.9 Å². The average Bonchev–Trinajstić information content (AvgIpc) is 3.62. The molecule has 2 unspecified atom stereocenters. The molecule has 2 saturated heterocycles. The van der Waals surface area contributed by atoms with E-state index in [0.717, 1.165) is 88.2 Å². The highest BCUT2D eigenvalue weighted by atomic mass is 16.5. The highest BCUT2D eigenvalue weighted by Crippen LogP contribution is 2.35. The number of likely N-dealkylation sites (tertiary alicyclic amines) is 1. The van der Waals surface area contributed by atoms with Crippen LogP contribution in [0.2, 0.25) is 0 Å². The van der Waals surface area contributed by atoms with Gasteiger partial charge in [-0.3, -0.25) is 4.68 Å². The first-order valence-corrected chi connectivity index (χ1v) is 15.2. The lowest BCUT2D eigenvalue weighted by molar-refractivity contribution is 0.0662. The number of ether oxygens (including phenoxy) is 1. The largest absolute Gasteiger partial charge is 0.381 e. The lowest BCUT2D eigenvalue weighted by atomic mass is 9.80. The summed E-state index contributed by atoms with van der Waals surface area (Å²) in [5.74, 6) is 1.10. The van der Waals surface area contributed by atoms with Crippen LogP contribution in [-0.4, -0.2) is 57.0 Å². The van der Waals surface area contributed by atoms with Crippen molar-refractivity contribution < 1.29 is 9.53 Å². The highest BCUT2D eigenvalue weighted by molar-refractivity contribution is 5.75. The Bertz CT molecular complexity index is 1360. The molecule has 9 heteroatoms. The third-order valence-electron chi connectivity index (χ3n) is 9.08. The summed E-state index contributed by atoms with van der Waals surface area (Å²) in [5, 5.41) is 11.3. The maximum atomic E-state index is 13.3. The summed E-state index contributed by atoms with van der Waals surface area (Å²) in [4.78, 5) is 24.5. The Kier molecular flexibility index (Phi) is 7.97. The number of aromatic nitrogens is 4. The van der Waals surface area contributed by atoms with Crippen LogP contribution in [0.15, 0.2) is 42.9 Å². The number of nitrogens with one attached hydrogen (secondary N) is 2. The van der Waals surface area contributed by atoms with E-state index in [2.05, 4.69) is 59.7 Å². The van der Waals surface area contributed by atoms with Gasteiger partial charge in [0, 0.05) is 44.3 Å². The van der Waals surface area contributed by atoms with E-state index in [1.165, 1.54) is 11.1 Å². The minimum absolute atomic E-state index is 0.0395. The number of nitrogens with zero attached hydrogens (tertiary/aromatic N) is 5. The molecule has 2 atom stereocenters. The van der Waals surface area contributed by atoms with Crippen LogP contribution in [0.25, 0.3) is 11.3 Å². The zero-order chi connectivity index (χ0) is 28.4. The quantitative estimate of drug-likeness (QED) is 0.359. The van der Waals surface area contributed by atoms with Gasteiger partial charge >= 0.3 is 6.03 Å². The van der Waals surface area contributed by atoms with Gasteiger partial charge in [-0.1, -0.05) is 39.3 Å².